The lowest BCUT2D eigenvalue weighted by atomic mass is 9.87. The van der Waals surface area contributed by atoms with Gasteiger partial charge in [-0.1, -0.05) is 164 Å². The van der Waals surface area contributed by atoms with Crippen molar-refractivity contribution in [3.05, 3.63) is 199 Å². The average molecular weight is 779 g/mol. The van der Waals surface area contributed by atoms with Crippen LogP contribution in [0.1, 0.15) is 17.5 Å². The average Bonchev–Trinajstić information content (AvgIpc) is 3.78. The van der Waals surface area contributed by atoms with Crippen LogP contribution >= 0.6 is 0 Å². The lowest BCUT2D eigenvalue weighted by molar-refractivity contribution is 0.246. The minimum Gasteiger partial charge on any atom is -0.481 e. The first-order valence-electron chi connectivity index (χ1n) is 21.0. The van der Waals surface area contributed by atoms with Crippen molar-refractivity contribution in [3.8, 4) is 34.5 Å². The van der Waals surface area contributed by atoms with E-state index in [9.17, 15) is 0 Å². The molecule has 2 unspecified atom stereocenters. The zero-order valence-electron chi connectivity index (χ0n) is 32.9. The van der Waals surface area contributed by atoms with Crippen molar-refractivity contribution in [2.24, 2.45) is 5.92 Å². The van der Waals surface area contributed by atoms with Gasteiger partial charge in [0, 0.05) is 56.3 Å². The van der Waals surface area contributed by atoms with E-state index in [2.05, 4.69) is 193 Å². The van der Waals surface area contributed by atoms with Gasteiger partial charge in [-0.15, -0.1) is 0 Å². The van der Waals surface area contributed by atoms with Crippen molar-refractivity contribution in [1.29, 1.82) is 0 Å². The second kappa shape index (κ2) is 12.1. The molecular weight excluding hydrogens is 745 g/mol. The molecule has 2 aromatic heterocycles. The van der Waals surface area contributed by atoms with Gasteiger partial charge in [0.25, 0.3) is 0 Å². The van der Waals surface area contributed by atoms with E-state index in [1.807, 2.05) is 0 Å². The van der Waals surface area contributed by atoms with Gasteiger partial charge in [-0.25, -0.2) is 4.98 Å². The van der Waals surface area contributed by atoms with E-state index in [-0.39, 0.29) is 11.5 Å². The molecule has 0 bridgehead atoms. The summed E-state index contributed by atoms with van der Waals surface area (Å²) in [5.74, 6) is 3.09. The lowest BCUT2D eigenvalue weighted by Crippen LogP contribution is -2.18. The van der Waals surface area contributed by atoms with Gasteiger partial charge in [-0.3, -0.25) is 4.57 Å². The molecule has 284 valence electrons. The van der Waals surface area contributed by atoms with Crippen molar-refractivity contribution in [3.63, 3.8) is 0 Å². The molecule has 3 heterocycles. The summed E-state index contributed by atoms with van der Waals surface area (Å²) < 4.78 is 9.18. The highest BCUT2D eigenvalue weighted by Crippen LogP contribution is 2.65. The molecule has 9 aromatic carbocycles. The third kappa shape index (κ3) is 4.74. The van der Waals surface area contributed by atoms with E-state index in [0.717, 1.165) is 72.2 Å². The molecule has 11 aromatic rings. The van der Waals surface area contributed by atoms with Gasteiger partial charge in [0.15, 0.2) is 11.6 Å². The fourth-order valence-corrected chi connectivity index (χ4v) is 10.4. The molecule has 0 amide bonds. The Balaban J connectivity index is 1.07. The zero-order chi connectivity index (χ0) is 39.8. The van der Waals surface area contributed by atoms with Gasteiger partial charge in [0.05, 0.1) is 11.0 Å². The minimum atomic E-state index is -0.301. The van der Waals surface area contributed by atoms with E-state index < -0.39 is 0 Å². The number of hydrogen-bond acceptors (Lipinski definition) is 4. The molecule has 61 heavy (non-hydrogen) atoms. The summed E-state index contributed by atoms with van der Waals surface area (Å²) in [6.45, 7) is 0. The SMILES string of the molecule is C1=C(c2cccc3c4ccc5ccccc5c4n(-c4nc(-c5ccc6ccccc6c5)nc(-c5ccc6ccccc6c5)n4)c23)C=C2c3c(ccc4ccccc34)OC23CC13. The number of nitrogens with zero attached hydrogens (tertiary/aromatic N) is 4. The van der Waals surface area contributed by atoms with E-state index in [0.29, 0.717) is 17.6 Å². The number of ether oxygens (including phenoxy) is 1. The summed E-state index contributed by atoms with van der Waals surface area (Å²) in [6.07, 6.45) is 5.82. The van der Waals surface area contributed by atoms with Crippen LogP contribution < -0.4 is 4.74 Å². The molecule has 0 N–H and O–H groups in total. The fraction of sp³-hybridized carbons (Fsp3) is 0.0536. The smallest absolute Gasteiger partial charge is 0.238 e. The molecule has 14 rings (SSSR count). The summed E-state index contributed by atoms with van der Waals surface area (Å²) in [4.78, 5) is 16.2. The maximum atomic E-state index is 6.86. The topological polar surface area (TPSA) is 52.8 Å². The van der Waals surface area contributed by atoms with Crippen LogP contribution in [0.2, 0.25) is 0 Å². The normalized spacial score (nSPS) is 17.7. The van der Waals surface area contributed by atoms with Crippen molar-refractivity contribution in [2.75, 3.05) is 0 Å². The van der Waals surface area contributed by atoms with Crippen LogP contribution in [0.3, 0.4) is 0 Å². The number of para-hydroxylation sites is 1. The zero-order valence-corrected chi connectivity index (χ0v) is 32.9. The first-order valence-corrected chi connectivity index (χ1v) is 21.0. The summed E-state index contributed by atoms with van der Waals surface area (Å²) in [7, 11) is 0. The van der Waals surface area contributed by atoms with Crippen LogP contribution in [-0.4, -0.2) is 25.1 Å². The second-order valence-electron chi connectivity index (χ2n) is 16.8. The Labute approximate surface area is 350 Å². The van der Waals surface area contributed by atoms with Crippen molar-refractivity contribution >= 4 is 76.0 Å². The molecule has 2 atom stereocenters. The van der Waals surface area contributed by atoms with Crippen LogP contribution in [0.15, 0.2) is 188 Å². The van der Waals surface area contributed by atoms with E-state index in [4.69, 9.17) is 19.7 Å². The molecule has 0 radical (unpaired) electrons. The minimum absolute atomic E-state index is 0.277. The first-order chi connectivity index (χ1) is 30.2. The molecule has 5 heteroatoms. The Morgan fingerprint density at radius 3 is 1.79 bits per heavy atom. The third-order valence-corrected chi connectivity index (χ3v) is 13.4. The van der Waals surface area contributed by atoms with E-state index >= 15 is 0 Å². The maximum Gasteiger partial charge on any atom is 0.238 e. The van der Waals surface area contributed by atoms with Gasteiger partial charge >= 0.3 is 0 Å². The van der Waals surface area contributed by atoms with Gasteiger partial charge in [0.2, 0.25) is 5.95 Å². The highest BCUT2D eigenvalue weighted by atomic mass is 16.5. The molecule has 5 nitrogen and oxygen atoms in total. The van der Waals surface area contributed by atoms with Crippen LogP contribution in [0.5, 0.6) is 5.75 Å². The molecule has 0 saturated heterocycles. The largest absolute Gasteiger partial charge is 0.481 e. The lowest BCUT2D eigenvalue weighted by Gasteiger charge is -2.19. The van der Waals surface area contributed by atoms with E-state index in [1.165, 1.54) is 38.3 Å². The summed E-state index contributed by atoms with van der Waals surface area (Å²) >= 11 is 0. The van der Waals surface area contributed by atoms with Gasteiger partial charge in [-0.05, 0) is 67.6 Å². The third-order valence-electron chi connectivity index (χ3n) is 13.4. The standard InChI is InChI=1S/C56H34N4O/c1-3-14-37-28-39(22-20-33(37)10-1)53-57-54(40-23-21-34-11-2-4-15-38(34)29-40)59-55(58-53)60-51-44-17-8-6-13-36(44)24-26-47(51)46-19-9-18-45(52(46)60)41-30-42-32-56(42)48(31-41)50-43-16-7-5-12-35(43)25-27-49(50)61-56/h1-31,42H,32H2. The van der Waals surface area contributed by atoms with Crippen LogP contribution in [0.25, 0.3) is 105 Å². The number of rotatable bonds is 4. The van der Waals surface area contributed by atoms with Gasteiger partial charge in [0.1, 0.15) is 11.4 Å². The summed E-state index contributed by atoms with van der Waals surface area (Å²) in [5.41, 5.74) is 8.55. The molecule has 1 aliphatic heterocycles. The molecular formula is C56H34N4O. The van der Waals surface area contributed by atoms with Gasteiger partial charge < -0.3 is 4.74 Å². The quantitative estimate of drug-likeness (QED) is 0.179. The van der Waals surface area contributed by atoms with E-state index in [1.54, 1.807) is 0 Å². The molecule has 2 aliphatic carbocycles. The number of benzene rings is 9. The predicted molar refractivity (Wildman–Crippen MR) is 249 cm³/mol. The Hall–Kier alpha value is -7.89. The molecule has 1 fully saturated rings. The van der Waals surface area contributed by atoms with Crippen LogP contribution in [0, 0.1) is 5.92 Å². The van der Waals surface area contributed by atoms with Crippen molar-refractivity contribution < 1.29 is 4.74 Å². The summed E-state index contributed by atoms with van der Waals surface area (Å²) in [6, 6.07) is 62.7. The molecule has 1 saturated carbocycles. The summed E-state index contributed by atoms with van der Waals surface area (Å²) in [5, 5.41) is 11.7. The number of hydrogen-bond donors (Lipinski definition) is 0. The maximum absolute atomic E-state index is 6.86. The van der Waals surface area contributed by atoms with Crippen LogP contribution in [-0.2, 0) is 0 Å². The Kier molecular flexibility index (Phi) is 6.54. The highest BCUT2D eigenvalue weighted by molar-refractivity contribution is 6.21. The Morgan fingerprint density at radius 1 is 0.492 bits per heavy atom. The second-order valence-corrected chi connectivity index (χ2v) is 16.8. The predicted octanol–water partition coefficient (Wildman–Crippen LogP) is 13.5. The Morgan fingerprint density at radius 2 is 1.07 bits per heavy atom. The van der Waals surface area contributed by atoms with Gasteiger partial charge in [-0.2, -0.15) is 9.97 Å². The number of allylic oxidation sites excluding steroid dienone is 2. The van der Waals surface area contributed by atoms with Crippen LogP contribution in [0.4, 0.5) is 0 Å². The Bertz CT molecular complexity index is 3700. The first kappa shape index (κ1) is 33.0. The molecule has 3 aliphatic rings. The highest BCUT2D eigenvalue weighted by Gasteiger charge is 2.63. The fourth-order valence-electron chi connectivity index (χ4n) is 10.4. The van der Waals surface area contributed by atoms with Crippen molar-refractivity contribution in [2.45, 2.75) is 12.0 Å². The van der Waals surface area contributed by atoms with Crippen molar-refractivity contribution in [1.82, 2.24) is 19.5 Å². The monoisotopic (exact) mass is 778 g/mol. The molecule has 1 spiro atoms. The number of fused-ring (bicyclic) bond motifs is 11. The number of aromatic nitrogens is 4.